The van der Waals surface area contributed by atoms with E-state index in [1.165, 1.54) is 14.2 Å². The molecule has 55 heavy (non-hydrogen) atoms. The third-order valence-electron chi connectivity index (χ3n) is 8.39. The zero-order valence-corrected chi connectivity index (χ0v) is 33.5. The summed E-state index contributed by atoms with van der Waals surface area (Å²) in [6.07, 6.45) is 0.563. The van der Waals surface area contributed by atoms with Crippen molar-refractivity contribution in [2.45, 2.75) is 31.2 Å². The van der Waals surface area contributed by atoms with Crippen LogP contribution >= 0.6 is 7.82 Å². The van der Waals surface area contributed by atoms with E-state index in [0.717, 1.165) is 20.9 Å². The van der Waals surface area contributed by atoms with Crippen molar-refractivity contribution in [3.05, 3.63) is 59.7 Å². The molecule has 2 rings (SSSR count). The molecular formula is C34H42GdN3O16P-3. The first kappa shape index (κ1) is 49.7. The number of methoxy groups -OCH3 is 2. The summed E-state index contributed by atoms with van der Waals surface area (Å²) in [5, 5.41) is 56.7. The van der Waals surface area contributed by atoms with Gasteiger partial charge in [0.2, 0.25) is 0 Å². The number of nitrogens with zero attached hydrogens (tertiary/aromatic N) is 3. The molecule has 0 amide bonds. The molecule has 0 aliphatic rings. The van der Waals surface area contributed by atoms with Gasteiger partial charge in [0, 0.05) is 63.8 Å². The van der Waals surface area contributed by atoms with E-state index < -0.39 is 108 Å². The second-order valence-electron chi connectivity index (χ2n) is 12.3. The van der Waals surface area contributed by atoms with Gasteiger partial charge in [0.1, 0.15) is 11.5 Å². The van der Waals surface area contributed by atoms with Gasteiger partial charge in [-0.3, -0.25) is 19.3 Å². The topological polar surface area (TPSA) is 287 Å². The Morgan fingerprint density at radius 3 is 1.47 bits per heavy atom. The molecule has 0 spiro atoms. The summed E-state index contributed by atoms with van der Waals surface area (Å²) >= 11 is 0. The molecule has 0 aromatic heterocycles. The fourth-order valence-electron chi connectivity index (χ4n) is 5.69. The van der Waals surface area contributed by atoms with Gasteiger partial charge in [-0.2, -0.15) is 0 Å². The molecule has 0 saturated carbocycles. The van der Waals surface area contributed by atoms with Gasteiger partial charge in [-0.25, -0.2) is 0 Å². The van der Waals surface area contributed by atoms with Crippen LogP contribution in [0.2, 0.25) is 0 Å². The Labute approximate surface area is 350 Å². The van der Waals surface area contributed by atoms with Gasteiger partial charge in [-0.05, 0) is 48.2 Å². The van der Waals surface area contributed by atoms with Crippen molar-refractivity contribution in [3.8, 4) is 11.5 Å². The summed E-state index contributed by atoms with van der Waals surface area (Å²) in [6.45, 7) is -5.56. The summed E-state index contributed by atoms with van der Waals surface area (Å²) in [7, 11) is -2.10. The Hall–Kier alpha value is -3.30. The first-order chi connectivity index (χ1) is 25.4. The summed E-state index contributed by atoms with van der Waals surface area (Å²) < 4.78 is 33.6. The predicted octanol–water partition coefficient (Wildman–Crippen LogP) is -5.68. The van der Waals surface area contributed by atoms with Crippen molar-refractivity contribution < 1.29 is 117 Å². The number of carboxylic acid groups (broad SMARTS) is 5. The van der Waals surface area contributed by atoms with E-state index in [9.17, 15) is 59.0 Å². The largest absolute Gasteiger partial charge is 3.00 e. The van der Waals surface area contributed by atoms with E-state index in [1.807, 2.05) is 31.2 Å². The van der Waals surface area contributed by atoms with Gasteiger partial charge in [0.15, 0.2) is 0 Å². The fourth-order valence-corrected chi connectivity index (χ4v) is 6.47. The Morgan fingerprint density at radius 1 is 0.673 bits per heavy atom. The van der Waals surface area contributed by atoms with Crippen LogP contribution in [0.4, 0.5) is 0 Å². The van der Waals surface area contributed by atoms with Gasteiger partial charge in [0.25, 0.3) is 7.82 Å². The number of ether oxygens (including phenoxy) is 2. The van der Waals surface area contributed by atoms with Gasteiger partial charge in [-0.15, -0.1) is 0 Å². The molecule has 19 nitrogen and oxygen atoms in total. The van der Waals surface area contributed by atoms with Crippen LogP contribution in [0.3, 0.4) is 0 Å². The van der Waals surface area contributed by atoms with E-state index in [4.69, 9.17) is 18.5 Å². The van der Waals surface area contributed by atoms with Crippen LogP contribution in [0.25, 0.3) is 0 Å². The first-order valence-electron chi connectivity index (χ1n) is 16.4. The molecule has 0 bridgehead atoms. The molecule has 305 valence electrons. The Kier molecular flexibility index (Phi) is 22.0. The second-order valence-corrected chi connectivity index (χ2v) is 13.7. The molecule has 2 unspecified atom stereocenters. The summed E-state index contributed by atoms with van der Waals surface area (Å²) in [5.41, 5.74) is 1.14. The maximum Gasteiger partial charge on any atom is 3.00 e. The number of phosphoric acid groups is 1. The normalized spacial score (nSPS) is 13.1. The molecule has 2 aromatic rings. The zero-order chi connectivity index (χ0) is 40.5. The number of hydrogen-bond donors (Lipinski definition) is 0. The molecule has 0 fully saturated rings. The molecule has 2 atom stereocenters. The van der Waals surface area contributed by atoms with Crippen LogP contribution in [0, 0.1) is 39.9 Å². The molecule has 0 heterocycles. The Bertz CT molecular complexity index is 1520. The van der Waals surface area contributed by atoms with Crippen molar-refractivity contribution >= 4 is 37.7 Å². The Balaban J connectivity index is 0.0000151. The number of carbonyl (C=O) groups excluding carboxylic acids is 5. The number of phosphoric ester groups is 1. The van der Waals surface area contributed by atoms with Crippen LogP contribution in [-0.2, 0) is 43.0 Å². The maximum atomic E-state index is 12.9. The third kappa shape index (κ3) is 18.5. The third-order valence-corrected chi connectivity index (χ3v) is 9.35. The molecule has 2 aromatic carbocycles. The fraction of sp³-hybridized carbons (Fsp3) is 0.500. The number of carboxylic acids is 5. The molecule has 1 radical (unpaired) electrons. The molecule has 21 heteroatoms. The average Bonchev–Trinajstić information content (AvgIpc) is 3.09. The van der Waals surface area contributed by atoms with E-state index in [2.05, 4.69) is 0 Å². The molecular weight excluding hydrogens is 895 g/mol. The monoisotopic (exact) mass is 937 g/mol. The van der Waals surface area contributed by atoms with Crippen LogP contribution in [0.15, 0.2) is 48.5 Å². The van der Waals surface area contributed by atoms with Crippen LogP contribution in [0.1, 0.15) is 30.9 Å². The summed E-state index contributed by atoms with van der Waals surface area (Å²) in [6, 6.07) is 13.2. The van der Waals surface area contributed by atoms with Crippen LogP contribution in [-0.4, -0.2) is 130 Å². The summed E-state index contributed by atoms with van der Waals surface area (Å²) in [4.78, 5) is 72.2. The number of carbonyl (C=O) groups is 5. The predicted molar refractivity (Wildman–Crippen MR) is 174 cm³/mol. The minimum absolute atomic E-state index is 0. The van der Waals surface area contributed by atoms with E-state index in [0.29, 0.717) is 22.8 Å². The van der Waals surface area contributed by atoms with Crippen molar-refractivity contribution in [2.24, 2.45) is 0 Å². The quantitative estimate of drug-likeness (QED) is 0.0568. The smallest absolute Gasteiger partial charge is 0.756 e. The van der Waals surface area contributed by atoms with Crippen molar-refractivity contribution in [1.29, 1.82) is 0 Å². The maximum absolute atomic E-state index is 12.9. The number of benzene rings is 2. The minimum atomic E-state index is -5.17. The summed E-state index contributed by atoms with van der Waals surface area (Å²) in [5.74, 6) is -7.27. The van der Waals surface area contributed by atoms with Crippen molar-refractivity contribution in [2.75, 3.05) is 79.8 Å². The van der Waals surface area contributed by atoms with Crippen LogP contribution < -0.4 is 39.9 Å². The van der Waals surface area contributed by atoms with E-state index in [1.54, 1.807) is 24.3 Å². The number of rotatable bonds is 28. The van der Waals surface area contributed by atoms with Crippen molar-refractivity contribution in [3.63, 3.8) is 0 Å². The Morgan fingerprint density at radius 2 is 1.07 bits per heavy atom. The standard InChI is InChI=1S/C34H48N3O16P.Gd/c1-34(24-5-9-27(50-2)10-6-24,25-7-11-28(51-3)12-8-25)13-4-16-52-54(48,49)53-23-26(37(21-32(44)45)22-33(46)47)17-35(18-29(38)39)14-15-36(19-30(40)41)20-31(42)43;/h5-12,26H,4,13-23H2,1-3H3,(H,38,39)(H,40,41)(H,42,43)(H,44,45)(H,46,47)(H,48,49);/q;+3/p-6. The minimum Gasteiger partial charge on any atom is -0.756 e. The van der Waals surface area contributed by atoms with Gasteiger partial charge in [0.05, 0.1) is 57.3 Å². The van der Waals surface area contributed by atoms with Gasteiger partial charge >= 0.3 is 39.9 Å². The SMILES string of the molecule is COc1ccc(C(C)(CCCOP(=O)([O-])OCC(CN(CCN(CC(=O)[O-])CC(=O)[O-])CC(=O)[O-])N(CC(=O)[O-])CC(=O)[O-])c2ccc(OC)cc2)cc1.[Gd+3]. The van der Waals surface area contributed by atoms with Gasteiger partial charge < -0.3 is 72.9 Å². The molecule has 0 N–H and O–H groups in total. The van der Waals surface area contributed by atoms with Gasteiger partial charge in [-0.1, -0.05) is 31.2 Å². The molecule has 0 aliphatic carbocycles. The number of hydrogen-bond acceptors (Lipinski definition) is 19. The number of aliphatic carboxylic acids is 5. The average molecular weight is 937 g/mol. The molecule has 0 aliphatic heterocycles. The van der Waals surface area contributed by atoms with Crippen LogP contribution in [0.5, 0.6) is 11.5 Å². The first-order valence-corrected chi connectivity index (χ1v) is 17.9. The zero-order valence-electron chi connectivity index (χ0n) is 30.4. The van der Waals surface area contributed by atoms with Crippen molar-refractivity contribution in [1.82, 2.24) is 14.7 Å². The molecule has 0 saturated heterocycles. The van der Waals surface area contributed by atoms with E-state index in [-0.39, 0.29) is 53.0 Å². The van der Waals surface area contributed by atoms with E-state index >= 15 is 0 Å². The second kappa shape index (κ2) is 24.4.